The molecule has 5 aromatic rings. The van der Waals surface area contributed by atoms with Gasteiger partial charge in [0.1, 0.15) is 11.3 Å². The number of imidazole rings is 1. The first-order valence-electron chi connectivity index (χ1n) is 12.2. The summed E-state index contributed by atoms with van der Waals surface area (Å²) in [4.78, 5) is 37.8. The second-order valence-corrected chi connectivity index (χ2v) is 8.73. The Balaban J connectivity index is 1.29. The van der Waals surface area contributed by atoms with E-state index in [1.165, 1.54) is 0 Å². The minimum Gasteiger partial charge on any atom is -0.438 e. The average molecular weight is 507 g/mol. The highest BCUT2D eigenvalue weighted by Gasteiger charge is 2.20. The summed E-state index contributed by atoms with van der Waals surface area (Å²) in [5.41, 5.74) is 3.37. The molecule has 1 unspecified atom stereocenters. The van der Waals surface area contributed by atoms with Crippen LogP contribution in [-0.4, -0.2) is 46.4 Å². The van der Waals surface area contributed by atoms with Crippen LogP contribution < -0.4 is 10.1 Å². The summed E-state index contributed by atoms with van der Waals surface area (Å²) in [6, 6.07) is 27.1. The average Bonchev–Trinajstić information content (AvgIpc) is 3.38. The summed E-state index contributed by atoms with van der Waals surface area (Å²) in [6.45, 7) is 0.359. The number of para-hydroxylation sites is 2. The van der Waals surface area contributed by atoms with E-state index in [0.29, 0.717) is 29.9 Å². The molecule has 0 aliphatic rings. The van der Waals surface area contributed by atoms with Crippen LogP contribution in [0.1, 0.15) is 32.1 Å². The number of pyridine rings is 1. The van der Waals surface area contributed by atoms with Gasteiger partial charge >= 0.3 is 0 Å². The largest absolute Gasteiger partial charge is 0.438 e. The van der Waals surface area contributed by atoms with Gasteiger partial charge in [-0.25, -0.2) is 9.97 Å². The highest BCUT2D eigenvalue weighted by molar-refractivity contribution is 6.08. The van der Waals surface area contributed by atoms with Crippen molar-refractivity contribution < 1.29 is 19.1 Å². The van der Waals surface area contributed by atoms with E-state index in [4.69, 9.17) is 9.47 Å². The number of amides is 1. The number of aromatic amines is 1. The molecule has 0 spiro atoms. The van der Waals surface area contributed by atoms with Gasteiger partial charge in [0, 0.05) is 18.9 Å². The SMILES string of the molecule is COCC(Cc1ccccc1)NC(=O)c1cccnc1Oc1ccc(C(=O)c2nc3ccccc3[nH]2)cc1. The van der Waals surface area contributed by atoms with Crippen LogP contribution in [-0.2, 0) is 11.2 Å². The lowest BCUT2D eigenvalue weighted by atomic mass is 10.1. The second-order valence-electron chi connectivity index (χ2n) is 8.73. The molecule has 1 amide bonds. The standard InChI is InChI=1S/C30H26N4O4/c1-37-19-22(18-20-8-3-2-4-9-20)32-29(36)24-10-7-17-31-30(24)38-23-15-13-21(14-16-23)27(35)28-33-25-11-5-6-12-26(25)34-28/h2-17,22H,18-19H2,1H3,(H,32,36)(H,33,34). The number of benzene rings is 3. The third-order valence-corrected chi connectivity index (χ3v) is 5.98. The van der Waals surface area contributed by atoms with Crippen molar-refractivity contribution in [1.29, 1.82) is 0 Å². The van der Waals surface area contributed by atoms with Gasteiger partial charge in [0.15, 0.2) is 5.82 Å². The van der Waals surface area contributed by atoms with E-state index in [9.17, 15) is 9.59 Å². The molecule has 0 aliphatic carbocycles. The fraction of sp³-hybridized carbons (Fsp3) is 0.133. The van der Waals surface area contributed by atoms with Crippen LogP contribution in [0.5, 0.6) is 11.6 Å². The zero-order valence-electron chi connectivity index (χ0n) is 20.8. The molecule has 8 heteroatoms. The summed E-state index contributed by atoms with van der Waals surface area (Å²) in [5.74, 6) is 0.328. The van der Waals surface area contributed by atoms with Gasteiger partial charge in [-0.05, 0) is 60.5 Å². The topological polar surface area (TPSA) is 106 Å². The molecule has 38 heavy (non-hydrogen) atoms. The van der Waals surface area contributed by atoms with Gasteiger partial charge < -0.3 is 19.8 Å². The van der Waals surface area contributed by atoms with Crippen molar-refractivity contribution in [3.63, 3.8) is 0 Å². The molecule has 0 fully saturated rings. The van der Waals surface area contributed by atoms with Gasteiger partial charge in [-0.15, -0.1) is 0 Å². The number of carbonyl (C=O) groups excluding carboxylic acids is 2. The molecular weight excluding hydrogens is 480 g/mol. The predicted molar refractivity (Wildman–Crippen MR) is 144 cm³/mol. The van der Waals surface area contributed by atoms with Crippen molar-refractivity contribution in [2.45, 2.75) is 12.5 Å². The Bertz CT molecular complexity index is 1510. The van der Waals surface area contributed by atoms with Crippen LogP contribution in [0.2, 0.25) is 0 Å². The minimum atomic E-state index is -0.317. The molecule has 0 aliphatic heterocycles. The van der Waals surface area contributed by atoms with Crippen LogP contribution in [0, 0.1) is 0 Å². The number of ketones is 1. The number of methoxy groups -OCH3 is 1. The molecule has 3 aromatic carbocycles. The summed E-state index contributed by atoms with van der Waals surface area (Å²) < 4.78 is 11.3. The van der Waals surface area contributed by atoms with Crippen LogP contribution in [0.4, 0.5) is 0 Å². The molecule has 0 saturated carbocycles. The van der Waals surface area contributed by atoms with Gasteiger partial charge in [0.05, 0.1) is 23.7 Å². The van der Waals surface area contributed by atoms with E-state index in [0.717, 1.165) is 16.6 Å². The normalized spacial score (nSPS) is 11.7. The molecule has 0 radical (unpaired) electrons. The fourth-order valence-corrected chi connectivity index (χ4v) is 4.14. The molecule has 190 valence electrons. The highest BCUT2D eigenvalue weighted by Crippen LogP contribution is 2.24. The number of rotatable bonds is 10. The summed E-state index contributed by atoms with van der Waals surface area (Å²) in [6.07, 6.45) is 2.18. The molecule has 2 heterocycles. The number of nitrogens with zero attached hydrogens (tertiary/aromatic N) is 2. The lowest BCUT2D eigenvalue weighted by Crippen LogP contribution is -2.39. The molecule has 0 saturated heterocycles. The van der Waals surface area contributed by atoms with Gasteiger partial charge in [-0.3, -0.25) is 9.59 Å². The summed E-state index contributed by atoms with van der Waals surface area (Å²) in [7, 11) is 1.60. The molecule has 8 nitrogen and oxygen atoms in total. The van der Waals surface area contributed by atoms with Crippen molar-refractivity contribution >= 4 is 22.7 Å². The smallest absolute Gasteiger partial charge is 0.257 e. The van der Waals surface area contributed by atoms with E-state index < -0.39 is 0 Å². The van der Waals surface area contributed by atoms with Crippen molar-refractivity contribution in [3.05, 3.63) is 120 Å². The Kier molecular flexibility index (Phi) is 7.52. The van der Waals surface area contributed by atoms with Crippen molar-refractivity contribution in [3.8, 4) is 11.6 Å². The van der Waals surface area contributed by atoms with Crippen LogP contribution in [0.25, 0.3) is 11.0 Å². The maximum Gasteiger partial charge on any atom is 0.257 e. The Labute approximate surface area is 219 Å². The van der Waals surface area contributed by atoms with Gasteiger partial charge in [-0.1, -0.05) is 42.5 Å². The van der Waals surface area contributed by atoms with E-state index in [-0.39, 0.29) is 29.4 Å². The van der Waals surface area contributed by atoms with E-state index >= 15 is 0 Å². The van der Waals surface area contributed by atoms with Crippen LogP contribution in [0.3, 0.4) is 0 Å². The number of fused-ring (bicyclic) bond motifs is 1. The number of ether oxygens (including phenoxy) is 2. The molecule has 0 bridgehead atoms. The van der Waals surface area contributed by atoms with Gasteiger partial charge in [0.2, 0.25) is 11.7 Å². The fourth-order valence-electron chi connectivity index (χ4n) is 4.14. The van der Waals surface area contributed by atoms with Crippen LogP contribution in [0.15, 0.2) is 97.2 Å². The molecule has 2 aromatic heterocycles. The quantitative estimate of drug-likeness (QED) is 0.259. The van der Waals surface area contributed by atoms with Gasteiger partial charge in [0.25, 0.3) is 5.91 Å². The van der Waals surface area contributed by atoms with E-state index in [2.05, 4.69) is 20.3 Å². The number of carbonyl (C=O) groups is 2. The van der Waals surface area contributed by atoms with Crippen molar-refractivity contribution in [2.24, 2.45) is 0 Å². The van der Waals surface area contributed by atoms with Gasteiger partial charge in [-0.2, -0.15) is 0 Å². The monoisotopic (exact) mass is 506 g/mol. The second kappa shape index (κ2) is 11.5. The lowest BCUT2D eigenvalue weighted by Gasteiger charge is -2.19. The molecule has 5 rings (SSSR count). The predicted octanol–water partition coefficient (Wildman–Crippen LogP) is 4.97. The first kappa shape index (κ1) is 24.9. The van der Waals surface area contributed by atoms with Crippen molar-refractivity contribution in [2.75, 3.05) is 13.7 Å². The Morgan fingerprint density at radius 3 is 2.45 bits per heavy atom. The molecular formula is C30H26N4O4. The zero-order valence-corrected chi connectivity index (χ0v) is 20.8. The van der Waals surface area contributed by atoms with Crippen molar-refractivity contribution in [1.82, 2.24) is 20.3 Å². The van der Waals surface area contributed by atoms with Crippen LogP contribution >= 0.6 is 0 Å². The lowest BCUT2D eigenvalue weighted by molar-refractivity contribution is 0.0893. The Morgan fingerprint density at radius 2 is 1.68 bits per heavy atom. The zero-order chi connectivity index (χ0) is 26.3. The Morgan fingerprint density at radius 1 is 0.921 bits per heavy atom. The minimum absolute atomic E-state index is 0.164. The number of aromatic nitrogens is 3. The summed E-state index contributed by atoms with van der Waals surface area (Å²) >= 11 is 0. The number of H-pyrrole nitrogens is 1. The first-order valence-corrected chi connectivity index (χ1v) is 12.2. The highest BCUT2D eigenvalue weighted by atomic mass is 16.5. The summed E-state index contributed by atoms with van der Waals surface area (Å²) in [5, 5.41) is 3.02. The first-order chi connectivity index (χ1) is 18.6. The molecule has 1 atom stereocenters. The molecule has 2 N–H and O–H groups in total. The maximum absolute atomic E-state index is 13.2. The van der Waals surface area contributed by atoms with E-state index in [1.807, 2.05) is 54.6 Å². The number of hydrogen-bond acceptors (Lipinski definition) is 6. The number of nitrogens with one attached hydrogen (secondary N) is 2. The third kappa shape index (κ3) is 5.77. The number of hydrogen-bond donors (Lipinski definition) is 2. The Hall–Kier alpha value is -4.82. The van der Waals surface area contributed by atoms with E-state index in [1.54, 1.807) is 49.7 Å². The third-order valence-electron chi connectivity index (χ3n) is 5.98. The maximum atomic E-state index is 13.2.